The first kappa shape index (κ1) is 29.2. The molecule has 0 bridgehead atoms. The van der Waals surface area contributed by atoms with Crippen molar-refractivity contribution in [1.82, 2.24) is 10.2 Å². The van der Waals surface area contributed by atoms with Crippen molar-refractivity contribution < 1.29 is 22.9 Å². The number of nitrogens with one attached hydrogen (secondary N) is 3. The van der Waals surface area contributed by atoms with Crippen molar-refractivity contribution in [2.75, 3.05) is 54.9 Å². The number of hydrogen-bond donors (Lipinski definition) is 3. The minimum atomic E-state index is -3.77. The zero-order valence-electron chi connectivity index (χ0n) is 22.7. The average Bonchev–Trinajstić information content (AvgIpc) is 3.25. The molecule has 41 heavy (non-hydrogen) atoms. The summed E-state index contributed by atoms with van der Waals surface area (Å²) in [5, 5.41) is 20.1. The van der Waals surface area contributed by atoms with E-state index in [-0.39, 0.29) is 23.5 Å². The van der Waals surface area contributed by atoms with Crippen LogP contribution >= 0.6 is 0 Å². The van der Waals surface area contributed by atoms with Crippen LogP contribution in [0.15, 0.2) is 72.8 Å². The van der Waals surface area contributed by atoms with Gasteiger partial charge in [-0.05, 0) is 50.0 Å². The van der Waals surface area contributed by atoms with Crippen LogP contribution in [0.4, 0.5) is 22.7 Å². The van der Waals surface area contributed by atoms with E-state index in [1.807, 2.05) is 25.1 Å². The van der Waals surface area contributed by atoms with Crippen LogP contribution in [0.3, 0.4) is 0 Å². The third kappa shape index (κ3) is 7.07. The quantitative estimate of drug-likeness (QED) is 0.178. The second-order valence-corrected chi connectivity index (χ2v) is 11.6. The Morgan fingerprint density at radius 3 is 2.32 bits per heavy atom. The first-order chi connectivity index (χ1) is 19.4. The summed E-state index contributed by atoms with van der Waals surface area (Å²) in [4.78, 5) is 38.3. The van der Waals surface area contributed by atoms with E-state index >= 15 is 0 Å². The van der Waals surface area contributed by atoms with Gasteiger partial charge in [0.05, 0.1) is 28.1 Å². The summed E-state index contributed by atoms with van der Waals surface area (Å²) < 4.78 is 26.1. The molecule has 0 spiro atoms. The molecule has 1 heterocycles. The zero-order valence-corrected chi connectivity index (χ0v) is 23.6. The average molecular weight is 579 g/mol. The molecule has 1 aliphatic heterocycles. The Hall–Kier alpha value is -4.75. The molecular formula is C28H30N6O6S. The van der Waals surface area contributed by atoms with Gasteiger partial charge in [-0.3, -0.25) is 24.0 Å². The summed E-state index contributed by atoms with van der Waals surface area (Å²) in [7, 11) is -0.0409. The van der Waals surface area contributed by atoms with Gasteiger partial charge in [-0.25, -0.2) is 8.42 Å². The van der Waals surface area contributed by atoms with Gasteiger partial charge in [-0.2, -0.15) is 0 Å². The molecule has 0 saturated carbocycles. The topological polar surface area (TPSA) is 154 Å². The predicted octanol–water partition coefficient (Wildman–Crippen LogP) is 2.97. The lowest BCUT2D eigenvalue weighted by molar-refractivity contribution is -0.384. The Bertz CT molecular complexity index is 1600. The number of anilines is 3. The van der Waals surface area contributed by atoms with E-state index in [0.29, 0.717) is 41.3 Å². The Labute approximate surface area is 237 Å². The molecule has 4 rings (SSSR count). The van der Waals surface area contributed by atoms with E-state index in [1.165, 1.54) is 18.2 Å². The molecular weight excluding hydrogens is 548 g/mol. The van der Waals surface area contributed by atoms with Crippen molar-refractivity contribution in [3.63, 3.8) is 0 Å². The van der Waals surface area contributed by atoms with Gasteiger partial charge in [0.25, 0.3) is 11.6 Å². The molecule has 0 saturated heterocycles. The zero-order chi connectivity index (χ0) is 29.7. The Morgan fingerprint density at radius 2 is 1.71 bits per heavy atom. The minimum Gasteiger partial charge on any atom is -0.354 e. The molecule has 3 aromatic rings. The number of carbonyl (C=O) groups is 2. The van der Waals surface area contributed by atoms with Gasteiger partial charge in [0.2, 0.25) is 15.9 Å². The largest absolute Gasteiger partial charge is 0.354 e. The minimum absolute atomic E-state index is 0.152. The highest BCUT2D eigenvalue weighted by atomic mass is 32.2. The number of hydrogen-bond acceptors (Lipinski definition) is 8. The van der Waals surface area contributed by atoms with Crippen molar-refractivity contribution in [3.05, 3.63) is 94.0 Å². The molecule has 0 unspecified atom stereocenters. The number of nitro benzene ring substituents is 1. The lowest BCUT2D eigenvalue weighted by atomic mass is 9.99. The number of amides is 2. The molecule has 0 aliphatic carbocycles. The molecule has 0 radical (unpaired) electrons. The number of fused-ring (bicyclic) bond motifs is 1. The standard InChI is InChI=1S/C28H30N6O6S/c1-32(2)16-15-29-25(35)18-33(41(3,39)40)21-11-9-20(10-12-21)30-27(19-7-5-4-6-8-19)26-23-17-22(34(37)38)13-14-24(23)31-28(26)36/h4-14,17,30H,15-16,18H2,1-3H3,(H,29,35)(H,31,36)/b27-26-. The van der Waals surface area contributed by atoms with Gasteiger partial charge in [0, 0.05) is 42.2 Å². The molecule has 0 fully saturated rings. The smallest absolute Gasteiger partial charge is 0.270 e. The molecule has 13 heteroatoms. The molecule has 3 aromatic carbocycles. The Balaban J connectivity index is 1.67. The molecule has 12 nitrogen and oxygen atoms in total. The SMILES string of the molecule is CN(C)CCNC(=O)CN(c1ccc(N/C(=C2\C(=O)Nc3ccc([N+](=O)[O-])cc32)c2ccccc2)cc1)S(C)(=O)=O. The predicted molar refractivity (Wildman–Crippen MR) is 159 cm³/mol. The second-order valence-electron chi connectivity index (χ2n) is 9.65. The summed E-state index contributed by atoms with van der Waals surface area (Å²) in [6, 6.07) is 19.6. The van der Waals surface area contributed by atoms with E-state index in [4.69, 9.17) is 0 Å². The van der Waals surface area contributed by atoms with E-state index in [1.54, 1.807) is 48.5 Å². The van der Waals surface area contributed by atoms with Crippen molar-refractivity contribution in [3.8, 4) is 0 Å². The van der Waals surface area contributed by atoms with Crippen molar-refractivity contribution >= 4 is 55.9 Å². The maximum absolute atomic E-state index is 13.1. The van der Waals surface area contributed by atoms with E-state index in [9.17, 15) is 28.1 Å². The number of benzene rings is 3. The maximum Gasteiger partial charge on any atom is 0.270 e. The van der Waals surface area contributed by atoms with Crippen LogP contribution in [0.25, 0.3) is 11.3 Å². The van der Waals surface area contributed by atoms with Crippen LogP contribution in [0.1, 0.15) is 11.1 Å². The number of carbonyl (C=O) groups excluding carboxylic acids is 2. The van der Waals surface area contributed by atoms with Gasteiger partial charge < -0.3 is 20.9 Å². The number of nitro groups is 1. The number of likely N-dealkylation sites (N-methyl/N-ethyl adjacent to an activating group) is 1. The third-order valence-electron chi connectivity index (χ3n) is 6.26. The lowest BCUT2D eigenvalue weighted by Gasteiger charge is -2.23. The summed E-state index contributed by atoms with van der Waals surface area (Å²) >= 11 is 0. The highest BCUT2D eigenvalue weighted by Gasteiger charge is 2.30. The van der Waals surface area contributed by atoms with Gasteiger partial charge in [0.15, 0.2) is 0 Å². The monoisotopic (exact) mass is 578 g/mol. The van der Waals surface area contributed by atoms with Gasteiger partial charge in [-0.15, -0.1) is 0 Å². The van der Waals surface area contributed by atoms with E-state index in [2.05, 4.69) is 16.0 Å². The van der Waals surface area contributed by atoms with Crippen LogP contribution in [-0.4, -0.2) is 70.0 Å². The number of non-ortho nitro benzene ring substituents is 1. The fraction of sp³-hybridized carbons (Fsp3) is 0.214. The van der Waals surface area contributed by atoms with Gasteiger partial charge in [0.1, 0.15) is 6.54 Å². The first-order valence-corrected chi connectivity index (χ1v) is 14.4. The maximum atomic E-state index is 13.1. The molecule has 214 valence electrons. The van der Waals surface area contributed by atoms with Gasteiger partial charge in [-0.1, -0.05) is 30.3 Å². The Morgan fingerprint density at radius 1 is 1.02 bits per heavy atom. The van der Waals surface area contributed by atoms with Crippen LogP contribution in [0.2, 0.25) is 0 Å². The highest BCUT2D eigenvalue weighted by molar-refractivity contribution is 7.92. The van der Waals surface area contributed by atoms with Crippen molar-refractivity contribution in [2.45, 2.75) is 0 Å². The fourth-order valence-electron chi connectivity index (χ4n) is 4.26. The summed E-state index contributed by atoms with van der Waals surface area (Å²) in [6.07, 6.45) is 1.03. The first-order valence-electron chi connectivity index (χ1n) is 12.6. The molecule has 0 aromatic heterocycles. The summed E-state index contributed by atoms with van der Waals surface area (Å²) in [5.41, 5.74) is 2.80. The van der Waals surface area contributed by atoms with Crippen LogP contribution in [0.5, 0.6) is 0 Å². The van der Waals surface area contributed by atoms with Crippen LogP contribution in [0, 0.1) is 10.1 Å². The van der Waals surface area contributed by atoms with Gasteiger partial charge >= 0.3 is 0 Å². The third-order valence-corrected chi connectivity index (χ3v) is 7.40. The number of nitrogens with zero attached hydrogens (tertiary/aromatic N) is 3. The van der Waals surface area contributed by atoms with E-state index in [0.717, 1.165) is 10.6 Å². The highest BCUT2D eigenvalue weighted by Crippen LogP contribution is 2.39. The van der Waals surface area contributed by atoms with Crippen molar-refractivity contribution in [2.24, 2.45) is 0 Å². The second kappa shape index (κ2) is 12.2. The summed E-state index contributed by atoms with van der Waals surface area (Å²) in [6.45, 7) is 0.608. The summed E-state index contributed by atoms with van der Waals surface area (Å²) in [5.74, 6) is -0.859. The molecule has 3 N–H and O–H groups in total. The van der Waals surface area contributed by atoms with Crippen LogP contribution in [-0.2, 0) is 19.6 Å². The number of sulfonamides is 1. The lowest BCUT2D eigenvalue weighted by Crippen LogP contribution is -2.42. The van der Waals surface area contributed by atoms with E-state index < -0.39 is 26.8 Å². The normalized spacial score (nSPS) is 13.8. The Kier molecular flexibility index (Phi) is 8.69. The molecule has 1 aliphatic rings. The number of rotatable bonds is 11. The van der Waals surface area contributed by atoms with Crippen LogP contribution < -0.4 is 20.3 Å². The fourth-order valence-corrected chi connectivity index (χ4v) is 5.12. The van der Waals surface area contributed by atoms with Crippen molar-refractivity contribution in [1.29, 1.82) is 0 Å². The molecule has 2 amide bonds. The molecule has 0 atom stereocenters.